The van der Waals surface area contributed by atoms with Crippen molar-refractivity contribution in [1.82, 2.24) is 0 Å². The highest BCUT2D eigenvalue weighted by Crippen LogP contribution is 2.43. The van der Waals surface area contributed by atoms with Crippen LogP contribution in [-0.2, 0) is 0 Å². The number of hydrogen-bond acceptors (Lipinski definition) is 1. The molecule has 8 heteroatoms. The van der Waals surface area contributed by atoms with Crippen LogP contribution in [0.25, 0.3) is 0 Å². The van der Waals surface area contributed by atoms with Gasteiger partial charge in [0.2, 0.25) is 0 Å². The Balaban J connectivity index is 3.12. The Morgan fingerprint density at radius 3 is 1.94 bits per heavy atom. The fourth-order valence-corrected chi connectivity index (χ4v) is 1.73. The molecule has 0 aliphatic heterocycles. The molecule has 1 rings (SSSR count). The van der Waals surface area contributed by atoms with Crippen molar-refractivity contribution in [2.45, 2.75) is 18.1 Å². The molecule has 2 N–H and O–H groups in total. The smallest absolute Gasteiger partial charge is 0.319 e. The van der Waals surface area contributed by atoms with Gasteiger partial charge in [-0.3, -0.25) is 0 Å². The molecule has 1 aromatic carbocycles. The Morgan fingerprint density at radius 2 is 1.53 bits per heavy atom. The maximum absolute atomic E-state index is 13.0. The molecule has 0 amide bonds. The summed E-state index contributed by atoms with van der Waals surface area (Å²) in [6.45, 7) is 0. The van der Waals surface area contributed by atoms with Gasteiger partial charge < -0.3 is 5.73 Å². The highest BCUT2D eigenvalue weighted by molar-refractivity contribution is 9.13. The molecule has 0 unspecified atom stereocenters. The minimum atomic E-state index is -5.67. The van der Waals surface area contributed by atoms with E-state index in [1.165, 1.54) is 6.07 Å². The van der Waals surface area contributed by atoms with Crippen molar-refractivity contribution in [2.75, 3.05) is 0 Å². The van der Waals surface area contributed by atoms with E-state index >= 15 is 0 Å². The molecule has 0 fully saturated rings. The predicted molar refractivity (Wildman–Crippen MR) is 59.8 cm³/mol. The molecule has 1 nitrogen and oxygen atoms in total. The summed E-state index contributed by atoms with van der Waals surface area (Å²) in [6.07, 6.45) is -5.67. The second kappa shape index (κ2) is 4.81. The molecule has 0 aromatic heterocycles. The van der Waals surface area contributed by atoms with Crippen LogP contribution in [0.3, 0.4) is 0 Å². The zero-order valence-corrected chi connectivity index (χ0v) is 11.2. The van der Waals surface area contributed by atoms with E-state index < -0.39 is 18.1 Å². The second-order valence-electron chi connectivity index (χ2n) is 3.27. The summed E-state index contributed by atoms with van der Waals surface area (Å²) in [5, 5.41) is 0. The SMILES string of the molecule is N[C@@H](c1ccc(Br)c(Br)c1)C(F)(F)C(F)(F)F. The van der Waals surface area contributed by atoms with E-state index in [-0.39, 0.29) is 5.56 Å². The minimum Gasteiger partial charge on any atom is -0.319 e. The molecule has 1 aromatic rings. The van der Waals surface area contributed by atoms with Gasteiger partial charge in [-0.1, -0.05) is 6.07 Å². The number of hydrogen-bond donors (Lipinski definition) is 1. The van der Waals surface area contributed by atoms with Crippen molar-refractivity contribution < 1.29 is 22.0 Å². The standard InChI is InChI=1S/C9H6Br2F5N/c10-5-2-1-4(3-6(5)11)7(17)8(12,13)9(14,15)16/h1-3,7H,17H2/t7-/m0/s1. The quantitative estimate of drug-likeness (QED) is 0.753. The topological polar surface area (TPSA) is 26.0 Å². The molecule has 0 spiro atoms. The van der Waals surface area contributed by atoms with Gasteiger partial charge in [-0.05, 0) is 49.6 Å². The van der Waals surface area contributed by atoms with Crippen LogP contribution in [0.1, 0.15) is 11.6 Å². The first-order valence-corrected chi connectivity index (χ1v) is 5.81. The van der Waals surface area contributed by atoms with Crippen molar-refractivity contribution in [1.29, 1.82) is 0 Å². The maximum atomic E-state index is 13.0. The first-order chi connectivity index (χ1) is 7.57. The van der Waals surface area contributed by atoms with Crippen molar-refractivity contribution in [2.24, 2.45) is 5.73 Å². The highest BCUT2D eigenvalue weighted by Gasteiger charge is 2.61. The molecule has 1 atom stereocenters. The summed E-state index contributed by atoms with van der Waals surface area (Å²) in [7, 11) is 0. The van der Waals surface area contributed by atoms with Crippen molar-refractivity contribution in [3.05, 3.63) is 32.7 Å². The van der Waals surface area contributed by atoms with Gasteiger partial charge in [-0.2, -0.15) is 22.0 Å². The lowest BCUT2D eigenvalue weighted by Gasteiger charge is -2.26. The van der Waals surface area contributed by atoms with Gasteiger partial charge in [0.15, 0.2) is 0 Å². The van der Waals surface area contributed by atoms with Crippen LogP contribution in [-0.4, -0.2) is 12.1 Å². The van der Waals surface area contributed by atoms with Crippen LogP contribution >= 0.6 is 31.9 Å². The third-order valence-corrected chi connectivity index (χ3v) is 3.95. The first kappa shape index (κ1) is 14.8. The largest absolute Gasteiger partial charge is 0.455 e. The summed E-state index contributed by atoms with van der Waals surface area (Å²) >= 11 is 6.07. The summed E-state index contributed by atoms with van der Waals surface area (Å²) in [4.78, 5) is 0. The molecule has 0 saturated carbocycles. The number of alkyl halides is 5. The van der Waals surface area contributed by atoms with Gasteiger partial charge in [0.1, 0.15) is 6.04 Å². The van der Waals surface area contributed by atoms with Crippen LogP contribution in [0.15, 0.2) is 27.1 Å². The molecule has 0 radical (unpaired) electrons. The predicted octanol–water partition coefficient (Wildman–Crippen LogP) is 4.41. The van der Waals surface area contributed by atoms with E-state index in [4.69, 9.17) is 5.73 Å². The van der Waals surface area contributed by atoms with E-state index in [1.807, 2.05) is 0 Å². The highest BCUT2D eigenvalue weighted by atomic mass is 79.9. The van der Waals surface area contributed by atoms with Gasteiger partial charge in [0.05, 0.1) is 0 Å². The summed E-state index contributed by atoms with van der Waals surface area (Å²) < 4.78 is 63.1. The average molecular weight is 383 g/mol. The van der Waals surface area contributed by atoms with E-state index in [9.17, 15) is 22.0 Å². The van der Waals surface area contributed by atoms with E-state index in [0.29, 0.717) is 8.95 Å². The molecule has 96 valence electrons. The van der Waals surface area contributed by atoms with E-state index in [2.05, 4.69) is 31.9 Å². The summed E-state index contributed by atoms with van der Waals surface area (Å²) in [5.74, 6) is -4.97. The Bertz CT molecular complexity index is 418. The number of nitrogens with two attached hydrogens (primary N) is 1. The van der Waals surface area contributed by atoms with Crippen LogP contribution < -0.4 is 5.73 Å². The Hall–Kier alpha value is -0.210. The lowest BCUT2D eigenvalue weighted by atomic mass is 10.0. The number of benzene rings is 1. The Labute approximate surface area is 110 Å². The first-order valence-electron chi connectivity index (χ1n) is 4.22. The van der Waals surface area contributed by atoms with Gasteiger partial charge in [0.25, 0.3) is 0 Å². The Morgan fingerprint density at radius 1 is 1.00 bits per heavy atom. The summed E-state index contributed by atoms with van der Waals surface area (Å²) in [5.41, 5.74) is 4.67. The third-order valence-electron chi connectivity index (χ3n) is 2.07. The van der Waals surface area contributed by atoms with Crippen LogP contribution in [0.5, 0.6) is 0 Å². The van der Waals surface area contributed by atoms with E-state index in [0.717, 1.165) is 12.1 Å². The Kier molecular flexibility index (Phi) is 4.20. The van der Waals surface area contributed by atoms with Gasteiger partial charge >= 0.3 is 12.1 Å². The fraction of sp³-hybridized carbons (Fsp3) is 0.333. The van der Waals surface area contributed by atoms with Crippen molar-refractivity contribution in [3.8, 4) is 0 Å². The monoisotopic (exact) mass is 381 g/mol. The van der Waals surface area contributed by atoms with Crippen LogP contribution in [0.2, 0.25) is 0 Å². The maximum Gasteiger partial charge on any atom is 0.455 e. The molecule has 0 bridgehead atoms. The molecule has 0 saturated heterocycles. The van der Waals surface area contributed by atoms with Gasteiger partial charge in [-0.25, -0.2) is 0 Å². The molecular formula is C9H6Br2F5N. The lowest BCUT2D eigenvalue weighted by molar-refractivity contribution is -0.291. The second-order valence-corrected chi connectivity index (χ2v) is 4.98. The zero-order chi connectivity index (χ0) is 13.4. The number of rotatable bonds is 2. The van der Waals surface area contributed by atoms with Gasteiger partial charge in [0, 0.05) is 8.95 Å². The third kappa shape index (κ3) is 2.97. The molecular weight excluding hydrogens is 377 g/mol. The fourth-order valence-electron chi connectivity index (χ4n) is 1.09. The average Bonchev–Trinajstić information content (AvgIpc) is 2.19. The van der Waals surface area contributed by atoms with E-state index in [1.54, 1.807) is 0 Å². The zero-order valence-electron chi connectivity index (χ0n) is 8.03. The van der Waals surface area contributed by atoms with Crippen molar-refractivity contribution in [3.63, 3.8) is 0 Å². The van der Waals surface area contributed by atoms with Crippen molar-refractivity contribution >= 4 is 31.9 Å². The number of halogens is 7. The molecule has 0 heterocycles. The normalized spacial score (nSPS) is 14.8. The molecule has 0 aliphatic carbocycles. The molecule has 0 aliphatic rings. The van der Waals surface area contributed by atoms with Crippen LogP contribution in [0.4, 0.5) is 22.0 Å². The van der Waals surface area contributed by atoms with Gasteiger partial charge in [-0.15, -0.1) is 0 Å². The van der Waals surface area contributed by atoms with Crippen LogP contribution in [0, 0.1) is 0 Å². The summed E-state index contributed by atoms with van der Waals surface area (Å²) in [6, 6.07) is 1.13. The lowest BCUT2D eigenvalue weighted by Crippen LogP contribution is -2.45. The molecule has 17 heavy (non-hydrogen) atoms. The minimum absolute atomic E-state index is 0.303.